The van der Waals surface area contributed by atoms with Gasteiger partial charge in [-0.15, -0.1) is 0 Å². The lowest BCUT2D eigenvalue weighted by atomic mass is 10.1. The standard InChI is InChI=1S/C23H21FN4O3/c24-18-6-4-15(5-7-18)16-8-9-28-21(13-25-22(28)11-16)17-2-1-3-19(10-17)27-23(31)26-12-20(30)14-29/h1-11,13,20,29-30H,12,14H2,(H2,26,27,31). The molecule has 1 unspecified atom stereocenters. The van der Waals surface area contributed by atoms with E-state index in [-0.39, 0.29) is 12.4 Å². The number of halogens is 1. The highest BCUT2D eigenvalue weighted by atomic mass is 19.1. The molecule has 4 N–H and O–H groups in total. The molecule has 0 saturated carbocycles. The van der Waals surface area contributed by atoms with Crippen LogP contribution in [0.3, 0.4) is 0 Å². The number of anilines is 1. The zero-order valence-corrected chi connectivity index (χ0v) is 16.5. The molecule has 0 radical (unpaired) electrons. The zero-order chi connectivity index (χ0) is 21.8. The Morgan fingerprint density at radius 2 is 1.87 bits per heavy atom. The van der Waals surface area contributed by atoms with Crippen LogP contribution >= 0.6 is 0 Å². The van der Waals surface area contributed by atoms with Gasteiger partial charge in [-0.25, -0.2) is 14.2 Å². The normalized spacial score (nSPS) is 12.0. The van der Waals surface area contributed by atoms with E-state index in [1.54, 1.807) is 24.4 Å². The number of aromatic nitrogens is 2. The molecule has 0 aliphatic rings. The van der Waals surface area contributed by atoms with Gasteiger partial charge in [-0.3, -0.25) is 4.40 Å². The second-order valence-electron chi connectivity index (χ2n) is 7.05. The number of hydrogen-bond acceptors (Lipinski definition) is 4. The maximum atomic E-state index is 13.2. The topological polar surface area (TPSA) is 98.9 Å². The van der Waals surface area contributed by atoms with Crippen molar-refractivity contribution in [3.05, 3.63) is 78.9 Å². The molecule has 2 aromatic heterocycles. The van der Waals surface area contributed by atoms with Crippen LogP contribution in [0.4, 0.5) is 14.9 Å². The van der Waals surface area contributed by atoms with Crippen LogP contribution in [-0.2, 0) is 0 Å². The number of amides is 2. The molecule has 31 heavy (non-hydrogen) atoms. The molecule has 4 aromatic rings. The van der Waals surface area contributed by atoms with E-state index in [0.29, 0.717) is 5.69 Å². The summed E-state index contributed by atoms with van der Waals surface area (Å²) in [4.78, 5) is 16.5. The van der Waals surface area contributed by atoms with E-state index in [4.69, 9.17) is 5.11 Å². The number of urea groups is 1. The first-order valence-corrected chi connectivity index (χ1v) is 9.71. The highest BCUT2D eigenvalue weighted by Gasteiger charge is 2.10. The fourth-order valence-electron chi connectivity index (χ4n) is 3.22. The predicted octanol–water partition coefficient (Wildman–Crippen LogP) is 3.28. The van der Waals surface area contributed by atoms with E-state index in [1.807, 2.05) is 40.9 Å². The van der Waals surface area contributed by atoms with E-state index in [2.05, 4.69) is 15.6 Å². The number of nitrogens with one attached hydrogen (secondary N) is 2. The van der Waals surface area contributed by atoms with Crippen molar-refractivity contribution >= 4 is 17.4 Å². The molecule has 8 heteroatoms. The summed E-state index contributed by atoms with van der Waals surface area (Å²) in [6.07, 6.45) is 2.65. The third kappa shape index (κ3) is 4.71. The maximum absolute atomic E-state index is 13.2. The molecule has 4 rings (SSSR count). The van der Waals surface area contributed by atoms with Crippen molar-refractivity contribution in [2.45, 2.75) is 6.10 Å². The minimum atomic E-state index is -1.00. The minimum Gasteiger partial charge on any atom is -0.394 e. The molecular formula is C23H21FN4O3. The monoisotopic (exact) mass is 420 g/mol. The van der Waals surface area contributed by atoms with Gasteiger partial charge in [0.15, 0.2) is 0 Å². The SMILES string of the molecule is O=C(NCC(O)CO)Nc1cccc(-c2cnc3cc(-c4ccc(F)cc4)ccn23)c1. The lowest BCUT2D eigenvalue weighted by Crippen LogP contribution is -2.36. The van der Waals surface area contributed by atoms with Crippen LogP contribution in [0.25, 0.3) is 28.0 Å². The maximum Gasteiger partial charge on any atom is 0.319 e. The second-order valence-corrected chi connectivity index (χ2v) is 7.05. The van der Waals surface area contributed by atoms with Crippen molar-refractivity contribution in [1.82, 2.24) is 14.7 Å². The quantitative estimate of drug-likeness (QED) is 0.385. The van der Waals surface area contributed by atoms with Crippen LogP contribution < -0.4 is 10.6 Å². The number of aliphatic hydroxyl groups excluding tert-OH is 2. The lowest BCUT2D eigenvalue weighted by Gasteiger charge is -2.11. The number of aliphatic hydroxyl groups is 2. The molecule has 158 valence electrons. The number of benzene rings is 2. The molecule has 1 atom stereocenters. The number of fused-ring (bicyclic) bond motifs is 1. The smallest absolute Gasteiger partial charge is 0.319 e. The number of carbonyl (C=O) groups is 1. The summed E-state index contributed by atoms with van der Waals surface area (Å²) < 4.78 is 15.1. The number of pyridine rings is 1. The Balaban J connectivity index is 1.55. The first-order valence-electron chi connectivity index (χ1n) is 9.71. The number of nitrogens with zero attached hydrogens (tertiary/aromatic N) is 2. The second kappa shape index (κ2) is 8.95. The summed E-state index contributed by atoms with van der Waals surface area (Å²) in [6.45, 7) is -0.474. The van der Waals surface area contributed by atoms with Crippen LogP contribution in [0.15, 0.2) is 73.1 Å². The Hall–Kier alpha value is -3.75. The fourth-order valence-corrected chi connectivity index (χ4v) is 3.22. The van der Waals surface area contributed by atoms with E-state index < -0.39 is 18.7 Å². The van der Waals surface area contributed by atoms with E-state index in [9.17, 15) is 14.3 Å². The number of hydrogen-bond donors (Lipinski definition) is 4. The molecule has 2 heterocycles. The van der Waals surface area contributed by atoms with Gasteiger partial charge in [0.25, 0.3) is 0 Å². The summed E-state index contributed by atoms with van der Waals surface area (Å²) in [6, 6.07) is 17.0. The molecule has 0 aliphatic carbocycles. The van der Waals surface area contributed by atoms with E-state index >= 15 is 0 Å². The molecule has 2 amide bonds. The Morgan fingerprint density at radius 3 is 2.65 bits per heavy atom. The molecule has 0 saturated heterocycles. The van der Waals surface area contributed by atoms with Crippen LogP contribution in [-0.4, -0.2) is 44.9 Å². The van der Waals surface area contributed by atoms with Crippen molar-refractivity contribution < 1.29 is 19.4 Å². The van der Waals surface area contributed by atoms with Gasteiger partial charge in [-0.05, 0) is 47.5 Å². The van der Waals surface area contributed by atoms with Crippen molar-refractivity contribution in [3.63, 3.8) is 0 Å². The van der Waals surface area contributed by atoms with Crippen LogP contribution in [0, 0.1) is 5.82 Å². The molecule has 0 bridgehead atoms. The number of imidazole rings is 1. The summed E-state index contributed by atoms with van der Waals surface area (Å²) >= 11 is 0. The van der Waals surface area contributed by atoms with Crippen molar-refractivity contribution in [3.8, 4) is 22.4 Å². The predicted molar refractivity (Wildman–Crippen MR) is 116 cm³/mol. The molecule has 0 aliphatic heterocycles. The Labute approximate surface area is 177 Å². The third-order valence-corrected chi connectivity index (χ3v) is 4.82. The van der Waals surface area contributed by atoms with Gasteiger partial charge in [0.2, 0.25) is 0 Å². The Kier molecular flexibility index (Phi) is 5.92. The zero-order valence-electron chi connectivity index (χ0n) is 16.5. The summed E-state index contributed by atoms with van der Waals surface area (Å²) in [7, 11) is 0. The van der Waals surface area contributed by atoms with Crippen LogP contribution in [0.2, 0.25) is 0 Å². The summed E-state index contributed by atoms with van der Waals surface area (Å²) in [5.41, 5.74) is 4.85. The highest BCUT2D eigenvalue weighted by molar-refractivity contribution is 5.90. The average molecular weight is 420 g/mol. The Morgan fingerprint density at radius 1 is 1.06 bits per heavy atom. The van der Waals surface area contributed by atoms with E-state index in [1.165, 1.54) is 12.1 Å². The Bertz CT molecular complexity index is 1210. The molecular weight excluding hydrogens is 399 g/mol. The molecule has 0 fully saturated rings. The average Bonchev–Trinajstić information content (AvgIpc) is 3.21. The largest absolute Gasteiger partial charge is 0.394 e. The molecule has 2 aromatic carbocycles. The lowest BCUT2D eigenvalue weighted by molar-refractivity contribution is 0.0965. The molecule has 7 nitrogen and oxygen atoms in total. The van der Waals surface area contributed by atoms with Crippen molar-refractivity contribution in [1.29, 1.82) is 0 Å². The van der Waals surface area contributed by atoms with Gasteiger partial charge in [0, 0.05) is 24.0 Å². The van der Waals surface area contributed by atoms with Gasteiger partial charge < -0.3 is 20.8 Å². The first kappa shape index (κ1) is 20.5. The van der Waals surface area contributed by atoms with E-state index in [0.717, 1.165) is 28.0 Å². The minimum absolute atomic E-state index is 0.0499. The van der Waals surface area contributed by atoms with Crippen LogP contribution in [0.5, 0.6) is 0 Å². The fraction of sp³-hybridized carbons (Fsp3) is 0.130. The summed E-state index contributed by atoms with van der Waals surface area (Å²) in [5.74, 6) is -0.278. The molecule has 0 spiro atoms. The van der Waals surface area contributed by atoms with Crippen molar-refractivity contribution in [2.24, 2.45) is 0 Å². The number of carbonyl (C=O) groups excluding carboxylic acids is 1. The van der Waals surface area contributed by atoms with Gasteiger partial charge in [-0.2, -0.15) is 0 Å². The van der Waals surface area contributed by atoms with Gasteiger partial charge in [0.1, 0.15) is 11.5 Å². The van der Waals surface area contributed by atoms with Gasteiger partial charge >= 0.3 is 6.03 Å². The highest BCUT2D eigenvalue weighted by Crippen LogP contribution is 2.27. The van der Waals surface area contributed by atoms with Crippen LogP contribution in [0.1, 0.15) is 0 Å². The van der Waals surface area contributed by atoms with Crippen molar-refractivity contribution in [2.75, 3.05) is 18.5 Å². The summed E-state index contributed by atoms with van der Waals surface area (Å²) in [5, 5.41) is 23.3. The number of rotatable bonds is 6. The van der Waals surface area contributed by atoms with Gasteiger partial charge in [0.05, 0.1) is 24.6 Å². The first-order chi connectivity index (χ1) is 15.0. The van der Waals surface area contributed by atoms with Gasteiger partial charge in [-0.1, -0.05) is 24.3 Å². The third-order valence-electron chi connectivity index (χ3n) is 4.82.